The first kappa shape index (κ1) is 21.6. The summed E-state index contributed by atoms with van der Waals surface area (Å²) in [7, 11) is 3.07. The number of rotatable bonds is 10. The lowest BCUT2D eigenvalue weighted by Gasteiger charge is -2.32. The highest BCUT2D eigenvalue weighted by atomic mass is 16.6. The van der Waals surface area contributed by atoms with E-state index in [1.807, 2.05) is 31.2 Å². The van der Waals surface area contributed by atoms with Crippen LogP contribution in [-0.2, 0) is 4.84 Å². The highest BCUT2D eigenvalue weighted by Crippen LogP contribution is 2.25. The summed E-state index contributed by atoms with van der Waals surface area (Å²) in [6.07, 6.45) is 4.84. The largest absolute Gasteiger partial charge is 0.494 e. The van der Waals surface area contributed by atoms with Crippen molar-refractivity contribution in [3.05, 3.63) is 29.8 Å². The van der Waals surface area contributed by atoms with Crippen LogP contribution in [0.15, 0.2) is 29.4 Å². The molecule has 2 aromatic rings. The van der Waals surface area contributed by atoms with E-state index < -0.39 is 0 Å². The first-order valence-electron chi connectivity index (χ1n) is 10.2. The molecule has 9 heteroatoms. The molecule has 0 amide bonds. The van der Waals surface area contributed by atoms with Gasteiger partial charge in [-0.15, -0.1) is 4.98 Å². The molecule has 1 fully saturated rings. The fraction of sp³-hybridized carbons (Fsp3) is 0.524. The van der Waals surface area contributed by atoms with E-state index in [-0.39, 0.29) is 12.0 Å². The highest BCUT2D eigenvalue weighted by Gasteiger charge is 2.22. The minimum absolute atomic E-state index is 0.266. The molecule has 30 heavy (non-hydrogen) atoms. The monoisotopic (exact) mass is 415 g/mol. The van der Waals surface area contributed by atoms with Crippen LogP contribution < -0.4 is 19.1 Å². The number of methoxy groups -OCH3 is 2. The van der Waals surface area contributed by atoms with Gasteiger partial charge >= 0.3 is 12.0 Å². The number of aromatic nitrogens is 3. The Hall–Kier alpha value is -3.10. The van der Waals surface area contributed by atoms with Crippen molar-refractivity contribution in [1.82, 2.24) is 15.0 Å². The Morgan fingerprint density at radius 2 is 1.70 bits per heavy atom. The minimum atomic E-state index is 0.266. The van der Waals surface area contributed by atoms with Crippen LogP contribution in [-0.4, -0.2) is 61.7 Å². The molecule has 0 radical (unpaired) electrons. The molecule has 0 atom stereocenters. The molecule has 1 aromatic carbocycles. The molecule has 0 saturated carbocycles. The zero-order chi connectivity index (χ0) is 21.2. The van der Waals surface area contributed by atoms with Gasteiger partial charge in [-0.3, -0.25) is 0 Å². The molecule has 0 unspecified atom stereocenters. The Bertz CT molecular complexity index is 785. The van der Waals surface area contributed by atoms with E-state index in [1.165, 1.54) is 14.2 Å². The Morgan fingerprint density at radius 1 is 1.03 bits per heavy atom. The highest BCUT2D eigenvalue weighted by molar-refractivity contribution is 5.79. The maximum absolute atomic E-state index is 5.91. The SMILES string of the molecule is CCO/N=C/c1ccc(OCCC2CCN(c3nc(OC)nc(OC)n3)CC2)cc1. The number of hydrogen-bond acceptors (Lipinski definition) is 9. The van der Waals surface area contributed by atoms with Crippen LogP contribution in [0.25, 0.3) is 0 Å². The first-order valence-corrected chi connectivity index (χ1v) is 10.2. The summed E-state index contributed by atoms with van der Waals surface area (Å²) >= 11 is 0. The molecule has 0 spiro atoms. The topological polar surface area (TPSA) is 91.2 Å². The normalized spacial score (nSPS) is 14.7. The second kappa shape index (κ2) is 11.2. The fourth-order valence-electron chi connectivity index (χ4n) is 3.24. The molecule has 0 bridgehead atoms. The summed E-state index contributed by atoms with van der Waals surface area (Å²) in [6, 6.07) is 8.38. The van der Waals surface area contributed by atoms with E-state index in [0.29, 0.717) is 25.1 Å². The second-order valence-corrected chi connectivity index (χ2v) is 6.90. The van der Waals surface area contributed by atoms with Crippen LogP contribution in [0.3, 0.4) is 0 Å². The summed E-state index contributed by atoms with van der Waals surface area (Å²) in [4.78, 5) is 19.8. The van der Waals surface area contributed by atoms with Crippen LogP contribution in [0.1, 0.15) is 31.7 Å². The van der Waals surface area contributed by atoms with Gasteiger partial charge in [0, 0.05) is 13.1 Å². The Kier molecular flexibility index (Phi) is 8.05. The number of anilines is 1. The third kappa shape index (κ3) is 6.20. The molecule has 1 aliphatic rings. The minimum Gasteiger partial charge on any atom is -0.494 e. The van der Waals surface area contributed by atoms with Crippen molar-refractivity contribution in [3.63, 3.8) is 0 Å². The number of nitrogens with zero attached hydrogens (tertiary/aromatic N) is 5. The quantitative estimate of drug-likeness (QED) is 0.432. The van der Waals surface area contributed by atoms with Gasteiger partial charge in [-0.05, 0) is 61.9 Å². The predicted octanol–water partition coefficient (Wildman–Crippen LogP) is 2.94. The van der Waals surface area contributed by atoms with Crippen LogP contribution in [0, 0.1) is 5.92 Å². The number of hydrogen-bond donors (Lipinski definition) is 0. The van der Waals surface area contributed by atoms with Crippen molar-refractivity contribution in [2.75, 3.05) is 45.4 Å². The van der Waals surface area contributed by atoms with Gasteiger partial charge in [0.25, 0.3) is 0 Å². The molecule has 1 aliphatic heterocycles. The molecular formula is C21H29N5O4. The lowest BCUT2D eigenvalue weighted by molar-refractivity contribution is 0.160. The van der Waals surface area contributed by atoms with Crippen molar-refractivity contribution in [2.24, 2.45) is 11.1 Å². The average molecular weight is 415 g/mol. The number of oxime groups is 1. The van der Waals surface area contributed by atoms with Gasteiger partial charge < -0.3 is 23.9 Å². The van der Waals surface area contributed by atoms with E-state index in [2.05, 4.69) is 25.0 Å². The zero-order valence-electron chi connectivity index (χ0n) is 17.8. The van der Waals surface area contributed by atoms with Gasteiger partial charge in [-0.25, -0.2) is 0 Å². The molecule has 1 saturated heterocycles. The summed E-state index contributed by atoms with van der Waals surface area (Å²) < 4.78 is 16.2. The van der Waals surface area contributed by atoms with Crippen molar-refractivity contribution < 1.29 is 19.0 Å². The van der Waals surface area contributed by atoms with Crippen LogP contribution in [0.2, 0.25) is 0 Å². The third-order valence-electron chi connectivity index (χ3n) is 4.93. The Morgan fingerprint density at radius 3 is 2.30 bits per heavy atom. The van der Waals surface area contributed by atoms with Crippen LogP contribution in [0.4, 0.5) is 5.95 Å². The van der Waals surface area contributed by atoms with Gasteiger partial charge in [-0.1, -0.05) is 5.16 Å². The molecule has 9 nitrogen and oxygen atoms in total. The lowest BCUT2D eigenvalue weighted by Crippen LogP contribution is -2.35. The maximum Gasteiger partial charge on any atom is 0.324 e. The molecular weight excluding hydrogens is 386 g/mol. The maximum atomic E-state index is 5.91. The van der Waals surface area contributed by atoms with Gasteiger partial charge in [0.1, 0.15) is 12.4 Å². The molecule has 0 aliphatic carbocycles. The van der Waals surface area contributed by atoms with Crippen LogP contribution >= 0.6 is 0 Å². The molecule has 162 valence electrons. The Balaban J connectivity index is 1.42. The lowest BCUT2D eigenvalue weighted by atomic mass is 9.94. The number of benzene rings is 1. The zero-order valence-corrected chi connectivity index (χ0v) is 17.8. The summed E-state index contributed by atoms with van der Waals surface area (Å²) in [6.45, 7) is 4.93. The molecule has 1 aromatic heterocycles. The van der Waals surface area contributed by atoms with Gasteiger partial charge in [0.2, 0.25) is 5.95 Å². The first-order chi connectivity index (χ1) is 14.7. The number of piperidine rings is 1. The Labute approximate surface area is 177 Å². The number of ether oxygens (including phenoxy) is 3. The molecule has 2 heterocycles. The fourth-order valence-corrected chi connectivity index (χ4v) is 3.24. The molecule has 3 rings (SSSR count). The summed E-state index contributed by atoms with van der Waals surface area (Å²) in [5.41, 5.74) is 0.981. The predicted molar refractivity (Wildman–Crippen MR) is 114 cm³/mol. The van der Waals surface area contributed by atoms with Gasteiger partial charge in [0.05, 0.1) is 27.0 Å². The van der Waals surface area contributed by atoms with Crippen molar-refractivity contribution in [3.8, 4) is 17.8 Å². The third-order valence-corrected chi connectivity index (χ3v) is 4.93. The van der Waals surface area contributed by atoms with Crippen molar-refractivity contribution in [2.45, 2.75) is 26.2 Å². The van der Waals surface area contributed by atoms with Crippen molar-refractivity contribution >= 4 is 12.2 Å². The summed E-state index contributed by atoms with van der Waals surface area (Å²) in [5.74, 6) is 2.08. The average Bonchev–Trinajstić information content (AvgIpc) is 2.80. The van der Waals surface area contributed by atoms with E-state index >= 15 is 0 Å². The standard InChI is InChI=1S/C21H29N5O4/c1-4-30-22-15-17-5-7-18(8-6-17)29-14-11-16-9-12-26(13-10-16)19-23-20(27-2)25-21(24-19)28-3/h5-8,15-16H,4,9-14H2,1-3H3/b22-15+. The van der Waals surface area contributed by atoms with E-state index in [1.54, 1.807) is 6.21 Å². The van der Waals surface area contributed by atoms with E-state index in [4.69, 9.17) is 19.0 Å². The molecule has 0 N–H and O–H groups in total. The van der Waals surface area contributed by atoms with E-state index in [0.717, 1.165) is 43.7 Å². The van der Waals surface area contributed by atoms with E-state index in [9.17, 15) is 0 Å². The second-order valence-electron chi connectivity index (χ2n) is 6.90. The van der Waals surface area contributed by atoms with Gasteiger partial charge in [-0.2, -0.15) is 9.97 Å². The van der Waals surface area contributed by atoms with Gasteiger partial charge in [0.15, 0.2) is 0 Å². The van der Waals surface area contributed by atoms with Crippen LogP contribution in [0.5, 0.6) is 17.8 Å². The summed E-state index contributed by atoms with van der Waals surface area (Å²) in [5, 5.41) is 3.86. The van der Waals surface area contributed by atoms with Crippen molar-refractivity contribution in [1.29, 1.82) is 0 Å². The smallest absolute Gasteiger partial charge is 0.324 e.